The molecule has 0 saturated heterocycles. The summed E-state index contributed by atoms with van der Waals surface area (Å²) < 4.78 is 10.2. The van der Waals surface area contributed by atoms with Crippen LogP contribution in [0.15, 0.2) is 29.4 Å². The van der Waals surface area contributed by atoms with E-state index in [2.05, 4.69) is 19.9 Å². The molecule has 20 heavy (non-hydrogen) atoms. The van der Waals surface area contributed by atoms with E-state index in [9.17, 15) is 4.79 Å². The Hall–Kier alpha value is -2.02. The van der Waals surface area contributed by atoms with Crippen molar-refractivity contribution in [1.29, 1.82) is 0 Å². The zero-order chi connectivity index (χ0) is 14.4. The Labute approximate surface area is 120 Å². The van der Waals surface area contributed by atoms with E-state index in [1.165, 1.54) is 18.9 Å². The number of aromatic nitrogens is 3. The van der Waals surface area contributed by atoms with Crippen molar-refractivity contribution >= 4 is 17.7 Å². The minimum atomic E-state index is -0.308. The van der Waals surface area contributed by atoms with Gasteiger partial charge in [0, 0.05) is 0 Å². The number of carbonyl (C=O) groups excluding carboxylic acids is 1. The Morgan fingerprint density at radius 2 is 2.20 bits per heavy atom. The minimum Gasteiger partial charge on any atom is -0.485 e. The number of carbonyl (C=O) groups is 1. The topological polar surface area (TPSA) is 77.1 Å². The SMILES string of the molecule is COC(=O)CSc1n[nH]c(COc2ccccc2C)n1. The quantitative estimate of drug-likeness (QED) is 0.648. The molecule has 0 aliphatic heterocycles. The number of esters is 1. The molecule has 0 unspecified atom stereocenters. The molecule has 0 fully saturated rings. The average molecular weight is 293 g/mol. The lowest BCUT2D eigenvalue weighted by Crippen LogP contribution is -2.03. The van der Waals surface area contributed by atoms with E-state index in [4.69, 9.17) is 4.74 Å². The van der Waals surface area contributed by atoms with Gasteiger partial charge in [-0.25, -0.2) is 4.98 Å². The van der Waals surface area contributed by atoms with Crippen LogP contribution in [0.2, 0.25) is 0 Å². The van der Waals surface area contributed by atoms with Crippen LogP contribution in [-0.4, -0.2) is 34.0 Å². The molecule has 1 aromatic carbocycles. The molecule has 0 spiro atoms. The fourth-order valence-corrected chi connectivity index (χ4v) is 2.10. The van der Waals surface area contributed by atoms with Gasteiger partial charge in [-0.3, -0.25) is 9.89 Å². The Morgan fingerprint density at radius 1 is 1.40 bits per heavy atom. The molecule has 2 rings (SSSR count). The maximum atomic E-state index is 11.0. The van der Waals surface area contributed by atoms with Crippen molar-refractivity contribution < 1.29 is 14.3 Å². The largest absolute Gasteiger partial charge is 0.485 e. The summed E-state index contributed by atoms with van der Waals surface area (Å²) in [5.74, 6) is 1.30. The zero-order valence-electron chi connectivity index (χ0n) is 11.3. The molecule has 1 N–H and O–H groups in total. The first-order valence-corrected chi connectivity index (χ1v) is 6.97. The van der Waals surface area contributed by atoms with Gasteiger partial charge in [0.15, 0.2) is 5.82 Å². The fourth-order valence-electron chi connectivity index (χ4n) is 1.45. The monoisotopic (exact) mass is 293 g/mol. The number of para-hydroxylation sites is 1. The van der Waals surface area contributed by atoms with Crippen molar-refractivity contribution in [2.75, 3.05) is 12.9 Å². The summed E-state index contributed by atoms with van der Waals surface area (Å²) in [6.07, 6.45) is 0. The van der Waals surface area contributed by atoms with Crippen LogP contribution in [0, 0.1) is 6.92 Å². The molecule has 0 aliphatic rings. The van der Waals surface area contributed by atoms with Crippen LogP contribution in [-0.2, 0) is 16.1 Å². The van der Waals surface area contributed by atoms with Gasteiger partial charge < -0.3 is 9.47 Å². The average Bonchev–Trinajstić information content (AvgIpc) is 2.92. The fraction of sp³-hybridized carbons (Fsp3) is 0.308. The summed E-state index contributed by atoms with van der Waals surface area (Å²) >= 11 is 1.22. The molecule has 2 aromatic rings. The molecule has 0 atom stereocenters. The molecule has 0 aliphatic carbocycles. The maximum absolute atomic E-state index is 11.0. The summed E-state index contributed by atoms with van der Waals surface area (Å²) in [4.78, 5) is 15.2. The van der Waals surface area contributed by atoms with Crippen LogP contribution in [0.4, 0.5) is 0 Å². The Bertz CT molecular complexity index is 586. The molecular weight excluding hydrogens is 278 g/mol. The van der Waals surface area contributed by atoms with Crippen LogP contribution in [0.3, 0.4) is 0 Å². The third-order valence-electron chi connectivity index (χ3n) is 2.52. The highest BCUT2D eigenvalue weighted by Gasteiger charge is 2.08. The first-order valence-electron chi connectivity index (χ1n) is 5.98. The summed E-state index contributed by atoms with van der Waals surface area (Å²) in [7, 11) is 1.35. The number of nitrogens with one attached hydrogen (secondary N) is 1. The van der Waals surface area contributed by atoms with Crippen LogP contribution in [0.1, 0.15) is 11.4 Å². The second-order valence-corrected chi connectivity index (χ2v) is 4.93. The van der Waals surface area contributed by atoms with Crippen molar-refractivity contribution in [2.24, 2.45) is 0 Å². The lowest BCUT2D eigenvalue weighted by atomic mass is 10.2. The van der Waals surface area contributed by atoms with Gasteiger partial charge in [-0.1, -0.05) is 30.0 Å². The standard InChI is InChI=1S/C13H15N3O3S/c1-9-5-3-4-6-10(9)19-7-11-14-13(16-15-11)20-8-12(17)18-2/h3-6H,7-8H2,1-2H3,(H,14,15,16). The predicted octanol–water partition coefficient (Wildman–Crippen LogP) is 1.96. The predicted molar refractivity (Wildman–Crippen MR) is 74.6 cm³/mol. The number of hydrogen-bond donors (Lipinski definition) is 1. The molecule has 0 bridgehead atoms. The molecule has 6 nitrogen and oxygen atoms in total. The van der Waals surface area contributed by atoms with E-state index >= 15 is 0 Å². The van der Waals surface area contributed by atoms with E-state index < -0.39 is 0 Å². The van der Waals surface area contributed by atoms with Crippen LogP contribution in [0.5, 0.6) is 5.75 Å². The number of hydrogen-bond acceptors (Lipinski definition) is 6. The highest BCUT2D eigenvalue weighted by atomic mass is 32.2. The van der Waals surface area contributed by atoms with Crippen LogP contribution in [0.25, 0.3) is 0 Å². The third kappa shape index (κ3) is 3.99. The van der Waals surface area contributed by atoms with Crippen molar-refractivity contribution in [2.45, 2.75) is 18.7 Å². The van der Waals surface area contributed by atoms with Crippen LogP contribution < -0.4 is 4.74 Å². The van der Waals surface area contributed by atoms with Crippen molar-refractivity contribution in [1.82, 2.24) is 15.2 Å². The van der Waals surface area contributed by atoms with Crippen molar-refractivity contribution in [3.8, 4) is 5.75 Å². The molecule has 0 amide bonds. The lowest BCUT2D eigenvalue weighted by Gasteiger charge is -2.06. The first-order chi connectivity index (χ1) is 9.69. The minimum absolute atomic E-state index is 0.187. The number of nitrogens with zero attached hydrogens (tertiary/aromatic N) is 2. The lowest BCUT2D eigenvalue weighted by molar-refractivity contribution is -0.137. The first kappa shape index (κ1) is 14.4. The van der Waals surface area contributed by atoms with Gasteiger partial charge in [-0.05, 0) is 18.6 Å². The molecule has 106 valence electrons. The van der Waals surface area contributed by atoms with Gasteiger partial charge in [0.05, 0.1) is 12.9 Å². The van der Waals surface area contributed by atoms with Crippen molar-refractivity contribution in [3.63, 3.8) is 0 Å². The number of ether oxygens (including phenoxy) is 2. The Kier molecular flexibility index (Phi) is 5.00. The number of aromatic amines is 1. The highest BCUT2D eigenvalue weighted by molar-refractivity contribution is 7.99. The normalized spacial score (nSPS) is 10.3. The van der Waals surface area contributed by atoms with Gasteiger partial charge in [0.1, 0.15) is 12.4 Å². The molecule has 0 saturated carbocycles. The van der Waals surface area contributed by atoms with Crippen molar-refractivity contribution in [3.05, 3.63) is 35.7 Å². The van der Waals surface area contributed by atoms with Gasteiger partial charge in [-0.2, -0.15) is 0 Å². The second-order valence-electron chi connectivity index (χ2n) is 3.98. The van der Waals surface area contributed by atoms with E-state index in [0.717, 1.165) is 11.3 Å². The molecule has 7 heteroatoms. The highest BCUT2D eigenvalue weighted by Crippen LogP contribution is 2.18. The van der Waals surface area contributed by atoms with Gasteiger partial charge >= 0.3 is 5.97 Å². The van der Waals surface area contributed by atoms with E-state index in [-0.39, 0.29) is 11.7 Å². The van der Waals surface area contributed by atoms with Gasteiger partial charge in [0.25, 0.3) is 0 Å². The molecule has 1 aromatic heterocycles. The Morgan fingerprint density at radius 3 is 2.95 bits per heavy atom. The number of aryl methyl sites for hydroxylation is 1. The second kappa shape index (κ2) is 6.95. The van der Waals surface area contributed by atoms with Gasteiger partial charge in [0.2, 0.25) is 5.16 Å². The van der Waals surface area contributed by atoms with E-state index in [0.29, 0.717) is 17.6 Å². The molecule has 0 radical (unpaired) electrons. The molecule has 1 heterocycles. The molecular formula is C13H15N3O3S. The number of methoxy groups -OCH3 is 1. The van der Waals surface area contributed by atoms with Crippen LogP contribution >= 0.6 is 11.8 Å². The summed E-state index contributed by atoms with van der Waals surface area (Å²) in [5.41, 5.74) is 1.06. The third-order valence-corrected chi connectivity index (χ3v) is 3.34. The Balaban J connectivity index is 1.87. The number of rotatable bonds is 6. The van der Waals surface area contributed by atoms with E-state index in [1.807, 2.05) is 31.2 Å². The maximum Gasteiger partial charge on any atom is 0.316 e. The smallest absolute Gasteiger partial charge is 0.316 e. The summed E-state index contributed by atoms with van der Waals surface area (Å²) in [6, 6.07) is 7.75. The summed E-state index contributed by atoms with van der Waals surface area (Å²) in [6.45, 7) is 2.28. The van der Waals surface area contributed by atoms with E-state index in [1.54, 1.807) is 0 Å². The zero-order valence-corrected chi connectivity index (χ0v) is 12.1. The number of H-pyrrole nitrogens is 1. The number of benzene rings is 1. The number of thioether (sulfide) groups is 1. The summed E-state index contributed by atoms with van der Waals surface area (Å²) in [5, 5.41) is 7.27. The van der Waals surface area contributed by atoms with Gasteiger partial charge in [-0.15, -0.1) is 5.10 Å².